The lowest BCUT2D eigenvalue weighted by molar-refractivity contribution is -0.118. The van der Waals surface area contributed by atoms with E-state index >= 15 is 0 Å². The molecule has 0 saturated heterocycles. The molecular weight excluding hydrogens is 518 g/mol. The topological polar surface area (TPSA) is 56.1 Å². The molecule has 1 N–H and O–H groups in total. The third kappa shape index (κ3) is 5.72. The van der Waals surface area contributed by atoms with E-state index in [1.807, 2.05) is 37.7 Å². The van der Waals surface area contributed by atoms with Crippen LogP contribution in [-0.2, 0) is 18.3 Å². The Bertz CT molecular complexity index is 1450. The quantitative estimate of drug-likeness (QED) is 0.286. The summed E-state index contributed by atoms with van der Waals surface area (Å²) in [4.78, 5) is 13.8. The van der Waals surface area contributed by atoms with Gasteiger partial charge in [0.15, 0.2) is 0 Å². The van der Waals surface area contributed by atoms with E-state index in [1.165, 1.54) is 35.1 Å². The van der Waals surface area contributed by atoms with Crippen molar-refractivity contribution in [2.45, 2.75) is 85.6 Å². The van der Waals surface area contributed by atoms with Crippen LogP contribution in [0.2, 0.25) is 5.02 Å². The van der Waals surface area contributed by atoms with E-state index in [4.69, 9.17) is 16.3 Å². The van der Waals surface area contributed by atoms with Crippen LogP contribution < -0.4 is 10.1 Å². The van der Waals surface area contributed by atoms with E-state index in [-0.39, 0.29) is 11.9 Å². The largest absolute Gasteiger partial charge is 0.494 e. The molecule has 2 aliphatic rings. The molecule has 0 bridgehead atoms. The van der Waals surface area contributed by atoms with Gasteiger partial charge in [0.05, 0.1) is 12.3 Å². The number of allylic oxidation sites excluding steroid dienone is 1. The first-order chi connectivity index (χ1) is 19.1. The fourth-order valence-corrected chi connectivity index (χ4v) is 6.78. The maximum atomic E-state index is 13.8. The number of hydrogen-bond acceptors (Lipinski definition) is 3. The van der Waals surface area contributed by atoms with Crippen molar-refractivity contribution in [1.29, 1.82) is 0 Å². The molecule has 1 saturated carbocycles. The Kier molecular flexibility index (Phi) is 8.42. The summed E-state index contributed by atoms with van der Waals surface area (Å²) in [6, 6.07) is 10.7. The molecule has 0 unspecified atom stereocenters. The summed E-state index contributed by atoms with van der Waals surface area (Å²) >= 11 is 6.34. The van der Waals surface area contributed by atoms with Gasteiger partial charge in [-0.05, 0) is 105 Å². The van der Waals surface area contributed by atoms with Crippen molar-refractivity contribution < 1.29 is 9.53 Å². The fourth-order valence-electron chi connectivity index (χ4n) is 6.67. The first kappa shape index (κ1) is 28.5. The van der Waals surface area contributed by atoms with Crippen LogP contribution in [0.15, 0.2) is 35.9 Å². The second-order valence-corrected chi connectivity index (χ2v) is 12.3. The highest BCUT2D eigenvalue weighted by atomic mass is 35.5. The molecule has 1 aromatic heterocycles. The highest BCUT2D eigenvalue weighted by Gasteiger charge is 2.31. The molecular formula is C34H42ClN3O2. The number of fused-ring (bicyclic) bond motifs is 1. The lowest BCUT2D eigenvalue weighted by Crippen LogP contribution is -2.39. The number of benzene rings is 2. The first-order valence-corrected chi connectivity index (χ1v) is 15.1. The fraction of sp³-hybridized carbons (Fsp3) is 0.471. The molecule has 1 fully saturated rings. The Morgan fingerprint density at radius 1 is 1.12 bits per heavy atom. The zero-order chi connectivity index (χ0) is 28.6. The van der Waals surface area contributed by atoms with Crippen LogP contribution in [0.1, 0.15) is 79.1 Å². The number of halogens is 1. The number of aryl methyl sites for hydroxylation is 4. The molecule has 6 heteroatoms. The number of ether oxygens (including phenoxy) is 1. The van der Waals surface area contributed by atoms with Crippen molar-refractivity contribution in [2.75, 3.05) is 6.61 Å². The van der Waals surface area contributed by atoms with Gasteiger partial charge in [-0.1, -0.05) is 49.6 Å². The summed E-state index contributed by atoms with van der Waals surface area (Å²) in [5.74, 6) is 1.60. The smallest absolute Gasteiger partial charge is 0.248 e. The van der Waals surface area contributed by atoms with Gasteiger partial charge in [0, 0.05) is 41.4 Å². The zero-order valence-electron chi connectivity index (χ0n) is 24.8. The number of nitrogens with one attached hydrogen (secondary N) is 1. The molecule has 2 aromatic carbocycles. The number of nitrogens with zero attached hydrogens (tertiary/aromatic N) is 2. The number of hydrogen-bond donors (Lipinski definition) is 1. The molecule has 1 heterocycles. The minimum atomic E-state index is 0.0979. The lowest BCUT2D eigenvalue weighted by Gasteiger charge is -2.27. The molecule has 40 heavy (non-hydrogen) atoms. The summed E-state index contributed by atoms with van der Waals surface area (Å²) in [6.45, 7) is 11.1. The molecule has 0 radical (unpaired) electrons. The van der Waals surface area contributed by atoms with E-state index in [0.717, 1.165) is 70.1 Å². The first-order valence-electron chi connectivity index (χ1n) is 14.7. The van der Waals surface area contributed by atoms with Crippen LogP contribution in [-0.4, -0.2) is 28.3 Å². The van der Waals surface area contributed by atoms with E-state index in [0.29, 0.717) is 18.9 Å². The highest BCUT2D eigenvalue weighted by molar-refractivity contribution is 6.32. The summed E-state index contributed by atoms with van der Waals surface area (Å²) < 4.78 is 8.08. The monoisotopic (exact) mass is 559 g/mol. The van der Waals surface area contributed by atoms with Gasteiger partial charge in [-0.2, -0.15) is 5.10 Å². The van der Waals surface area contributed by atoms with Crippen molar-refractivity contribution in [1.82, 2.24) is 15.1 Å². The Hall–Kier alpha value is -3.05. The van der Waals surface area contributed by atoms with Crippen molar-refractivity contribution >= 4 is 23.1 Å². The maximum Gasteiger partial charge on any atom is 0.248 e. The molecule has 5 rings (SSSR count). The average Bonchev–Trinajstić information content (AvgIpc) is 3.41. The van der Waals surface area contributed by atoms with Crippen LogP contribution in [0, 0.1) is 33.6 Å². The van der Waals surface area contributed by atoms with Gasteiger partial charge in [0.25, 0.3) is 0 Å². The van der Waals surface area contributed by atoms with Gasteiger partial charge in [-0.3, -0.25) is 9.48 Å². The van der Waals surface area contributed by atoms with E-state index in [1.54, 1.807) is 0 Å². The lowest BCUT2D eigenvalue weighted by atomic mass is 9.87. The van der Waals surface area contributed by atoms with Gasteiger partial charge in [-0.15, -0.1) is 0 Å². The van der Waals surface area contributed by atoms with Crippen LogP contribution in [0.5, 0.6) is 5.75 Å². The van der Waals surface area contributed by atoms with E-state index in [9.17, 15) is 4.79 Å². The SMILES string of the molecule is Cc1cc(OCCCC2=C(C(=O)N[C@@H]3CCC[C@@H](C)C3)Cc3c2cccc3-c2c(C)nn(C)c2C)cc(C)c1Cl. The summed E-state index contributed by atoms with van der Waals surface area (Å²) in [7, 11) is 1.99. The third-order valence-electron chi connectivity index (χ3n) is 8.79. The molecule has 0 spiro atoms. The van der Waals surface area contributed by atoms with Crippen LogP contribution >= 0.6 is 11.6 Å². The third-order valence-corrected chi connectivity index (χ3v) is 9.39. The minimum Gasteiger partial charge on any atom is -0.494 e. The van der Waals surface area contributed by atoms with Crippen molar-refractivity contribution in [3.63, 3.8) is 0 Å². The molecule has 1 amide bonds. The van der Waals surface area contributed by atoms with Crippen LogP contribution in [0.4, 0.5) is 0 Å². The highest BCUT2D eigenvalue weighted by Crippen LogP contribution is 2.42. The number of aromatic nitrogens is 2. The standard InChI is InChI=1S/C34H42ClN3O2/c1-20-10-7-11-25(16-20)36-34(39)31-19-30-27(12-8-13-29(30)32-23(4)37-38(6)24(32)5)28(31)14-9-15-40-26-17-21(2)33(35)22(3)18-26/h8,12-13,17-18,20,25H,7,9-11,14-16,19H2,1-6H3,(H,36,39)/t20-,25-/m1/s1. The molecule has 2 atom stereocenters. The van der Waals surface area contributed by atoms with Crippen molar-refractivity contribution in [3.05, 3.63) is 74.6 Å². The second-order valence-electron chi connectivity index (χ2n) is 11.9. The Balaban J connectivity index is 1.41. The summed E-state index contributed by atoms with van der Waals surface area (Å²) in [6.07, 6.45) is 6.83. The maximum absolute atomic E-state index is 13.8. The Labute approximate surface area is 244 Å². The zero-order valence-corrected chi connectivity index (χ0v) is 25.5. The number of rotatable bonds is 8. The van der Waals surface area contributed by atoms with Gasteiger partial charge in [0.1, 0.15) is 5.75 Å². The number of amides is 1. The van der Waals surface area contributed by atoms with E-state index < -0.39 is 0 Å². The van der Waals surface area contributed by atoms with Gasteiger partial charge in [-0.25, -0.2) is 0 Å². The predicted octanol–water partition coefficient (Wildman–Crippen LogP) is 7.84. The average molecular weight is 560 g/mol. The van der Waals surface area contributed by atoms with Crippen LogP contribution in [0.25, 0.3) is 16.7 Å². The second kappa shape index (κ2) is 11.8. The molecule has 3 aromatic rings. The molecule has 212 valence electrons. The summed E-state index contributed by atoms with van der Waals surface area (Å²) in [5.41, 5.74) is 11.1. The normalized spacial score (nSPS) is 18.7. The molecule has 0 aliphatic heterocycles. The predicted molar refractivity (Wildman–Crippen MR) is 164 cm³/mol. The molecule has 5 nitrogen and oxygen atoms in total. The Morgan fingerprint density at radius 3 is 2.52 bits per heavy atom. The van der Waals surface area contributed by atoms with Crippen molar-refractivity contribution in [2.24, 2.45) is 13.0 Å². The number of carbonyl (C=O) groups is 1. The Morgan fingerprint density at radius 2 is 1.85 bits per heavy atom. The molecule has 2 aliphatic carbocycles. The number of carbonyl (C=O) groups excluding carboxylic acids is 1. The van der Waals surface area contributed by atoms with Gasteiger partial charge < -0.3 is 10.1 Å². The van der Waals surface area contributed by atoms with Crippen LogP contribution in [0.3, 0.4) is 0 Å². The van der Waals surface area contributed by atoms with Crippen molar-refractivity contribution in [3.8, 4) is 16.9 Å². The minimum absolute atomic E-state index is 0.0979. The van der Waals surface area contributed by atoms with Gasteiger partial charge in [0.2, 0.25) is 5.91 Å². The van der Waals surface area contributed by atoms with E-state index in [2.05, 4.69) is 49.4 Å². The summed E-state index contributed by atoms with van der Waals surface area (Å²) in [5, 5.41) is 8.89. The van der Waals surface area contributed by atoms with Gasteiger partial charge >= 0.3 is 0 Å².